The average molecular weight is 253 g/mol. The van der Waals surface area contributed by atoms with Crippen molar-refractivity contribution in [2.24, 2.45) is 0 Å². The molecule has 1 heteroatoms. The van der Waals surface area contributed by atoms with Gasteiger partial charge in [-0.1, -0.05) is 42.5 Å². The van der Waals surface area contributed by atoms with E-state index in [-0.39, 0.29) is 0 Å². The third kappa shape index (κ3) is 4.44. The fourth-order valence-electron chi connectivity index (χ4n) is 2.25. The number of hydrogen-bond acceptors (Lipinski definition) is 1. The minimum absolute atomic E-state index is 1.05. The zero-order chi connectivity index (χ0) is 13.5. The van der Waals surface area contributed by atoms with E-state index in [1.807, 2.05) is 0 Å². The number of nitrogens with one attached hydrogen (secondary N) is 1. The zero-order valence-corrected chi connectivity index (χ0v) is 11.9. The first-order valence-corrected chi connectivity index (χ1v) is 7.11. The largest absolute Gasteiger partial charge is 0.385 e. The van der Waals surface area contributed by atoms with E-state index in [1.54, 1.807) is 0 Å². The summed E-state index contributed by atoms with van der Waals surface area (Å²) >= 11 is 0. The molecule has 0 aliphatic carbocycles. The lowest BCUT2D eigenvalue weighted by Gasteiger charge is -2.10. The summed E-state index contributed by atoms with van der Waals surface area (Å²) in [4.78, 5) is 0. The van der Waals surface area contributed by atoms with Crippen LogP contribution in [0.25, 0.3) is 0 Å². The van der Waals surface area contributed by atoms with Gasteiger partial charge >= 0.3 is 0 Å². The topological polar surface area (TPSA) is 12.0 Å². The summed E-state index contributed by atoms with van der Waals surface area (Å²) in [5.41, 5.74) is 5.36. The molecular weight excluding hydrogens is 230 g/mol. The van der Waals surface area contributed by atoms with Crippen LogP contribution in [0.15, 0.2) is 48.5 Å². The molecule has 0 saturated heterocycles. The van der Waals surface area contributed by atoms with Gasteiger partial charge in [-0.2, -0.15) is 0 Å². The van der Waals surface area contributed by atoms with Gasteiger partial charge in [-0.05, 0) is 55.9 Å². The van der Waals surface area contributed by atoms with E-state index < -0.39 is 0 Å². The van der Waals surface area contributed by atoms with E-state index >= 15 is 0 Å². The van der Waals surface area contributed by atoms with Crippen LogP contribution in [0.5, 0.6) is 0 Å². The number of hydrogen-bond donors (Lipinski definition) is 1. The summed E-state index contributed by atoms with van der Waals surface area (Å²) in [5.74, 6) is 0. The van der Waals surface area contributed by atoms with Gasteiger partial charge in [-0.25, -0.2) is 0 Å². The summed E-state index contributed by atoms with van der Waals surface area (Å²) in [7, 11) is 0. The van der Waals surface area contributed by atoms with Crippen molar-refractivity contribution in [2.75, 3.05) is 11.9 Å². The molecule has 0 saturated carbocycles. The molecule has 0 bridgehead atoms. The van der Waals surface area contributed by atoms with E-state index in [2.05, 4.69) is 67.7 Å². The molecule has 100 valence electrons. The van der Waals surface area contributed by atoms with Crippen molar-refractivity contribution in [1.82, 2.24) is 0 Å². The number of anilines is 1. The van der Waals surface area contributed by atoms with E-state index in [4.69, 9.17) is 0 Å². The van der Waals surface area contributed by atoms with Gasteiger partial charge in [-0.3, -0.25) is 0 Å². The lowest BCUT2D eigenvalue weighted by atomic mass is 10.1. The molecule has 2 aromatic carbocycles. The fourth-order valence-corrected chi connectivity index (χ4v) is 2.25. The summed E-state index contributed by atoms with van der Waals surface area (Å²) < 4.78 is 0. The lowest BCUT2D eigenvalue weighted by Crippen LogP contribution is -2.03. The highest BCUT2D eigenvalue weighted by Crippen LogP contribution is 2.16. The molecule has 2 rings (SSSR count). The first kappa shape index (κ1) is 13.7. The van der Waals surface area contributed by atoms with Crippen LogP contribution in [0.2, 0.25) is 0 Å². The molecule has 0 amide bonds. The Balaban J connectivity index is 1.71. The van der Waals surface area contributed by atoms with Crippen molar-refractivity contribution in [1.29, 1.82) is 0 Å². The summed E-state index contributed by atoms with van der Waals surface area (Å²) in [6.45, 7) is 5.35. The molecule has 19 heavy (non-hydrogen) atoms. The van der Waals surface area contributed by atoms with Crippen molar-refractivity contribution >= 4 is 5.69 Å². The maximum Gasteiger partial charge on any atom is 0.0372 e. The summed E-state index contributed by atoms with van der Waals surface area (Å²) in [5, 5.41) is 3.54. The number of rotatable bonds is 6. The summed E-state index contributed by atoms with van der Waals surface area (Å²) in [6, 6.07) is 17.3. The molecule has 0 aliphatic rings. The number of benzene rings is 2. The standard InChI is InChI=1S/C18H23N/c1-15-11-12-16(2)18(14-15)19-13-7-6-10-17-8-4-3-5-9-17/h3-5,8-9,11-12,14,19H,6-7,10,13H2,1-2H3. The van der Waals surface area contributed by atoms with Crippen LogP contribution in [0.3, 0.4) is 0 Å². The smallest absolute Gasteiger partial charge is 0.0372 e. The Kier molecular flexibility index (Phi) is 5.02. The van der Waals surface area contributed by atoms with Crippen LogP contribution >= 0.6 is 0 Å². The van der Waals surface area contributed by atoms with Crippen LogP contribution in [0.4, 0.5) is 5.69 Å². The van der Waals surface area contributed by atoms with Gasteiger partial charge in [0.05, 0.1) is 0 Å². The van der Waals surface area contributed by atoms with Gasteiger partial charge in [0, 0.05) is 12.2 Å². The SMILES string of the molecule is Cc1ccc(C)c(NCCCCc2ccccc2)c1. The van der Waals surface area contributed by atoms with E-state index in [0.717, 1.165) is 6.54 Å². The highest BCUT2D eigenvalue weighted by Gasteiger charge is 1.98. The maximum atomic E-state index is 3.54. The maximum absolute atomic E-state index is 3.54. The predicted molar refractivity (Wildman–Crippen MR) is 83.8 cm³/mol. The Hall–Kier alpha value is -1.76. The Morgan fingerprint density at radius 3 is 2.47 bits per heavy atom. The fraction of sp³-hybridized carbons (Fsp3) is 0.333. The molecule has 0 aliphatic heterocycles. The second-order valence-corrected chi connectivity index (χ2v) is 5.19. The van der Waals surface area contributed by atoms with E-state index in [0.29, 0.717) is 0 Å². The number of unbranched alkanes of at least 4 members (excludes halogenated alkanes) is 1. The monoisotopic (exact) mass is 253 g/mol. The van der Waals surface area contributed by atoms with Crippen LogP contribution in [0, 0.1) is 13.8 Å². The molecule has 0 unspecified atom stereocenters. The van der Waals surface area contributed by atoms with Crippen LogP contribution < -0.4 is 5.32 Å². The van der Waals surface area contributed by atoms with Gasteiger partial charge < -0.3 is 5.32 Å². The molecule has 0 fully saturated rings. The van der Waals surface area contributed by atoms with Crippen LogP contribution in [-0.2, 0) is 6.42 Å². The highest BCUT2D eigenvalue weighted by atomic mass is 14.9. The van der Waals surface area contributed by atoms with Crippen molar-refractivity contribution < 1.29 is 0 Å². The second kappa shape index (κ2) is 6.98. The molecular formula is C18H23N. The Labute approximate surface area is 116 Å². The van der Waals surface area contributed by atoms with E-state index in [9.17, 15) is 0 Å². The lowest BCUT2D eigenvalue weighted by molar-refractivity contribution is 0.763. The van der Waals surface area contributed by atoms with Crippen molar-refractivity contribution in [3.05, 3.63) is 65.2 Å². The molecule has 1 nitrogen and oxygen atoms in total. The van der Waals surface area contributed by atoms with Crippen LogP contribution in [0.1, 0.15) is 29.5 Å². The first-order chi connectivity index (χ1) is 9.25. The van der Waals surface area contributed by atoms with Crippen molar-refractivity contribution in [3.8, 4) is 0 Å². The average Bonchev–Trinajstić information content (AvgIpc) is 2.43. The normalized spacial score (nSPS) is 10.4. The summed E-state index contributed by atoms with van der Waals surface area (Å²) in [6.07, 6.45) is 3.62. The predicted octanol–water partition coefficient (Wildman–Crippen LogP) is 4.74. The minimum atomic E-state index is 1.05. The van der Waals surface area contributed by atoms with Gasteiger partial charge in [0.15, 0.2) is 0 Å². The molecule has 0 spiro atoms. The third-order valence-electron chi connectivity index (χ3n) is 3.44. The first-order valence-electron chi connectivity index (χ1n) is 7.11. The Morgan fingerprint density at radius 2 is 1.68 bits per heavy atom. The quantitative estimate of drug-likeness (QED) is 0.733. The third-order valence-corrected chi connectivity index (χ3v) is 3.44. The Morgan fingerprint density at radius 1 is 0.895 bits per heavy atom. The molecule has 2 aromatic rings. The van der Waals surface area contributed by atoms with Gasteiger partial charge in [0.25, 0.3) is 0 Å². The van der Waals surface area contributed by atoms with Crippen molar-refractivity contribution in [3.63, 3.8) is 0 Å². The van der Waals surface area contributed by atoms with Gasteiger partial charge in [0.1, 0.15) is 0 Å². The molecule has 0 aromatic heterocycles. The van der Waals surface area contributed by atoms with E-state index in [1.165, 1.54) is 41.6 Å². The molecule has 1 N–H and O–H groups in total. The highest BCUT2D eigenvalue weighted by molar-refractivity contribution is 5.52. The molecule has 0 atom stereocenters. The molecule has 0 radical (unpaired) electrons. The number of aryl methyl sites for hydroxylation is 3. The second-order valence-electron chi connectivity index (χ2n) is 5.19. The molecule has 0 heterocycles. The minimum Gasteiger partial charge on any atom is -0.385 e. The van der Waals surface area contributed by atoms with Crippen molar-refractivity contribution in [2.45, 2.75) is 33.1 Å². The van der Waals surface area contributed by atoms with Gasteiger partial charge in [0.2, 0.25) is 0 Å². The van der Waals surface area contributed by atoms with Crippen LogP contribution in [-0.4, -0.2) is 6.54 Å². The zero-order valence-electron chi connectivity index (χ0n) is 11.9. The Bertz CT molecular complexity index is 502. The van der Waals surface area contributed by atoms with Gasteiger partial charge in [-0.15, -0.1) is 0 Å².